The molecule has 1 aliphatic heterocycles. The number of carbonyl (C=O) groups is 2. The summed E-state index contributed by atoms with van der Waals surface area (Å²) in [6, 6.07) is 9.12. The molecule has 142 valence electrons. The fourth-order valence-electron chi connectivity index (χ4n) is 3.48. The second kappa shape index (κ2) is 7.86. The first-order valence-corrected chi connectivity index (χ1v) is 8.97. The van der Waals surface area contributed by atoms with Crippen LogP contribution in [0.1, 0.15) is 42.5 Å². The summed E-state index contributed by atoms with van der Waals surface area (Å²) in [5.41, 5.74) is 2.53. The highest BCUT2D eigenvalue weighted by Crippen LogP contribution is 2.32. The maximum atomic E-state index is 14.4. The van der Waals surface area contributed by atoms with E-state index in [-0.39, 0.29) is 23.9 Å². The Morgan fingerprint density at radius 2 is 1.89 bits per heavy atom. The molecule has 0 bridgehead atoms. The summed E-state index contributed by atoms with van der Waals surface area (Å²) in [5.74, 6) is -1.93. The van der Waals surface area contributed by atoms with Crippen molar-refractivity contribution in [3.8, 4) is 0 Å². The van der Waals surface area contributed by atoms with Crippen molar-refractivity contribution in [1.82, 2.24) is 5.32 Å². The molecule has 0 spiro atoms. The monoisotopic (exact) mass is 372 g/mol. The number of carbonyl (C=O) groups excluding carboxylic acids is 2. The van der Waals surface area contributed by atoms with Crippen LogP contribution in [0.15, 0.2) is 36.4 Å². The summed E-state index contributed by atoms with van der Waals surface area (Å²) in [6.45, 7) is 3.72. The molecule has 2 aromatic rings. The predicted octanol–water partition coefficient (Wildman–Crippen LogP) is 3.82. The summed E-state index contributed by atoms with van der Waals surface area (Å²) < 4.78 is 27.9. The lowest BCUT2D eigenvalue weighted by Crippen LogP contribution is -2.39. The number of anilines is 1. The third kappa shape index (κ3) is 4.32. The topological polar surface area (TPSA) is 49.4 Å². The van der Waals surface area contributed by atoms with Gasteiger partial charge in [-0.15, -0.1) is 0 Å². The van der Waals surface area contributed by atoms with Crippen LogP contribution < -0.4 is 10.2 Å². The Morgan fingerprint density at radius 1 is 1.19 bits per heavy atom. The molecule has 3 rings (SSSR count). The van der Waals surface area contributed by atoms with Crippen molar-refractivity contribution in [2.75, 3.05) is 11.4 Å². The number of benzene rings is 2. The standard InChI is InChI=1S/C21H22F2N2O2/c1-13-5-7-15(8-6-13)19(24-14(2)26)12-20(27)25-9-3-4-16-10-17(22)11-18(23)21(16)25/h5-8,10-11,19H,3-4,9,12H2,1-2H3,(H,24,26). The first-order valence-electron chi connectivity index (χ1n) is 8.97. The number of hydrogen-bond acceptors (Lipinski definition) is 2. The van der Waals surface area contributed by atoms with Gasteiger partial charge in [-0.05, 0) is 37.0 Å². The summed E-state index contributed by atoms with van der Waals surface area (Å²) in [6.07, 6.45) is 1.16. The van der Waals surface area contributed by atoms with Crippen LogP contribution in [0.4, 0.5) is 14.5 Å². The first-order chi connectivity index (χ1) is 12.8. The van der Waals surface area contributed by atoms with Gasteiger partial charge in [-0.25, -0.2) is 8.78 Å². The fraction of sp³-hybridized carbons (Fsp3) is 0.333. The lowest BCUT2D eigenvalue weighted by molar-refractivity contribution is -0.121. The van der Waals surface area contributed by atoms with Gasteiger partial charge in [0.05, 0.1) is 18.2 Å². The van der Waals surface area contributed by atoms with E-state index < -0.39 is 17.7 Å². The predicted molar refractivity (Wildman–Crippen MR) is 99.4 cm³/mol. The van der Waals surface area contributed by atoms with Gasteiger partial charge in [0, 0.05) is 19.5 Å². The van der Waals surface area contributed by atoms with Gasteiger partial charge < -0.3 is 10.2 Å². The van der Waals surface area contributed by atoms with E-state index in [0.717, 1.165) is 17.2 Å². The molecule has 6 heteroatoms. The minimum atomic E-state index is -0.732. The Hall–Kier alpha value is -2.76. The van der Waals surface area contributed by atoms with E-state index in [1.54, 1.807) is 0 Å². The van der Waals surface area contributed by atoms with Gasteiger partial charge in [0.2, 0.25) is 11.8 Å². The second-order valence-corrected chi connectivity index (χ2v) is 6.91. The quantitative estimate of drug-likeness (QED) is 0.887. The molecule has 0 fully saturated rings. The van der Waals surface area contributed by atoms with E-state index in [9.17, 15) is 18.4 Å². The van der Waals surface area contributed by atoms with Gasteiger partial charge in [-0.1, -0.05) is 29.8 Å². The van der Waals surface area contributed by atoms with Crippen LogP contribution in [0.25, 0.3) is 0 Å². The van der Waals surface area contributed by atoms with Gasteiger partial charge >= 0.3 is 0 Å². The zero-order valence-corrected chi connectivity index (χ0v) is 15.4. The number of nitrogens with one attached hydrogen (secondary N) is 1. The third-order valence-electron chi connectivity index (χ3n) is 4.74. The minimum absolute atomic E-state index is 0.00109. The number of halogens is 2. The Balaban J connectivity index is 1.87. The molecule has 2 aromatic carbocycles. The molecule has 0 aromatic heterocycles. The average Bonchev–Trinajstić information content (AvgIpc) is 2.60. The second-order valence-electron chi connectivity index (χ2n) is 6.91. The lowest BCUT2D eigenvalue weighted by Gasteiger charge is -2.31. The smallest absolute Gasteiger partial charge is 0.229 e. The van der Waals surface area contributed by atoms with Crippen LogP contribution in [0.2, 0.25) is 0 Å². The van der Waals surface area contributed by atoms with Crippen LogP contribution in [-0.2, 0) is 16.0 Å². The van der Waals surface area contributed by atoms with Crippen molar-refractivity contribution in [2.24, 2.45) is 0 Å². The van der Waals surface area contributed by atoms with E-state index in [1.807, 2.05) is 31.2 Å². The molecule has 1 aliphatic rings. The van der Waals surface area contributed by atoms with E-state index in [0.29, 0.717) is 24.9 Å². The van der Waals surface area contributed by atoms with Crippen LogP contribution in [0.5, 0.6) is 0 Å². The third-order valence-corrected chi connectivity index (χ3v) is 4.74. The molecule has 0 saturated heterocycles. The van der Waals surface area contributed by atoms with E-state index in [1.165, 1.54) is 17.9 Å². The SMILES string of the molecule is CC(=O)NC(CC(=O)N1CCCc2cc(F)cc(F)c21)c1ccc(C)cc1. The number of hydrogen-bond donors (Lipinski definition) is 1. The van der Waals surface area contributed by atoms with E-state index in [4.69, 9.17) is 0 Å². The molecule has 27 heavy (non-hydrogen) atoms. The van der Waals surface area contributed by atoms with Crippen LogP contribution in [0, 0.1) is 18.6 Å². The van der Waals surface area contributed by atoms with Crippen molar-refractivity contribution in [3.05, 3.63) is 64.7 Å². The maximum absolute atomic E-state index is 14.4. The van der Waals surface area contributed by atoms with Gasteiger partial charge in [0.15, 0.2) is 0 Å². The van der Waals surface area contributed by atoms with E-state index >= 15 is 0 Å². The van der Waals surface area contributed by atoms with Gasteiger partial charge in [0.1, 0.15) is 11.6 Å². The Kier molecular flexibility index (Phi) is 5.54. The zero-order valence-electron chi connectivity index (χ0n) is 15.4. The van der Waals surface area contributed by atoms with Gasteiger partial charge in [0.25, 0.3) is 0 Å². The number of amides is 2. The maximum Gasteiger partial charge on any atom is 0.229 e. The van der Waals surface area contributed by atoms with Crippen molar-refractivity contribution in [3.63, 3.8) is 0 Å². The Bertz CT molecular complexity index is 865. The van der Waals surface area contributed by atoms with Crippen molar-refractivity contribution in [2.45, 2.75) is 39.2 Å². The lowest BCUT2D eigenvalue weighted by atomic mass is 9.98. The average molecular weight is 372 g/mol. The molecule has 0 aliphatic carbocycles. The molecule has 1 unspecified atom stereocenters. The number of rotatable bonds is 4. The Labute approximate surface area is 157 Å². The Morgan fingerprint density at radius 3 is 2.56 bits per heavy atom. The highest BCUT2D eigenvalue weighted by molar-refractivity contribution is 5.95. The number of aryl methyl sites for hydroxylation is 2. The zero-order chi connectivity index (χ0) is 19.6. The summed E-state index contributed by atoms with van der Waals surface area (Å²) in [5, 5.41) is 2.79. The van der Waals surface area contributed by atoms with Crippen LogP contribution >= 0.6 is 0 Å². The summed E-state index contributed by atoms with van der Waals surface area (Å²) in [4.78, 5) is 25.9. The molecule has 4 nitrogen and oxygen atoms in total. The van der Waals surface area contributed by atoms with Crippen molar-refractivity contribution in [1.29, 1.82) is 0 Å². The highest BCUT2D eigenvalue weighted by Gasteiger charge is 2.28. The van der Waals surface area contributed by atoms with Gasteiger partial charge in [-0.2, -0.15) is 0 Å². The summed E-state index contributed by atoms with van der Waals surface area (Å²) >= 11 is 0. The largest absolute Gasteiger partial charge is 0.349 e. The normalized spacial score (nSPS) is 14.4. The fourth-order valence-corrected chi connectivity index (χ4v) is 3.48. The number of fused-ring (bicyclic) bond motifs is 1. The minimum Gasteiger partial charge on any atom is -0.349 e. The van der Waals surface area contributed by atoms with Crippen LogP contribution in [-0.4, -0.2) is 18.4 Å². The molecule has 2 amide bonds. The molecular formula is C21H22F2N2O2. The molecular weight excluding hydrogens is 350 g/mol. The summed E-state index contributed by atoms with van der Waals surface area (Å²) in [7, 11) is 0. The van der Waals surface area contributed by atoms with Gasteiger partial charge in [-0.3, -0.25) is 9.59 Å². The first kappa shape index (κ1) is 19.0. The number of nitrogens with zero attached hydrogens (tertiary/aromatic N) is 1. The molecule has 1 atom stereocenters. The van der Waals surface area contributed by atoms with Crippen molar-refractivity contribution < 1.29 is 18.4 Å². The molecule has 0 radical (unpaired) electrons. The highest BCUT2D eigenvalue weighted by atomic mass is 19.1. The molecule has 0 saturated carbocycles. The van der Waals surface area contributed by atoms with Crippen LogP contribution in [0.3, 0.4) is 0 Å². The molecule has 1 N–H and O–H groups in total. The molecule has 1 heterocycles. The van der Waals surface area contributed by atoms with E-state index in [2.05, 4.69) is 5.32 Å². The van der Waals surface area contributed by atoms with Crippen molar-refractivity contribution >= 4 is 17.5 Å².